The number of hydrogen-bond donors (Lipinski definition) is 1. The van der Waals surface area contributed by atoms with E-state index in [1.807, 2.05) is 49.3 Å². The monoisotopic (exact) mass is 407 g/mol. The van der Waals surface area contributed by atoms with E-state index in [2.05, 4.69) is 41.3 Å². The van der Waals surface area contributed by atoms with E-state index in [-0.39, 0.29) is 17.6 Å². The first kappa shape index (κ1) is 20.3. The molecule has 0 aliphatic carbocycles. The SMILES string of the molecule is Cc1nn(C)cc1-c1cc(C(=O)N(Cc2ccccc2)[C@H]2CCOC(C)(C)C2)[nH]n1. The van der Waals surface area contributed by atoms with E-state index in [1.54, 1.807) is 4.68 Å². The van der Waals surface area contributed by atoms with Gasteiger partial charge in [0.15, 0.2) is 0 Å². The van der Waals surface area contributed by atoms with Gasteiger partial charge in [-0.3, -0.25) is 14.6 Å². The van der Waals surface area contributed by atoms with Gasteiger partial charge >= 0.3 is 0 Å². The van der Waals surface area contributed by atoms with Crippen LogP contribution >= 0.6 is 0 Å². The summed E-state index contributed by atoms with van der Waals surface area (Å²) < 4.78 is 7.65. The molecule has 0 spiro atoms. The molecule has 1 atom stereocenters. The maximum absolute atomic E-state index is 13.6. The number of amides is 1. The van der Waals surface area contributed by atoms with Crippen molar-refractivity contribution < 1.29 is 9.53 Å². The first-order valence-corrected chi connectivity index (χ1v) is 10.4. The number of hydrogen-bond acceptors (Lipinski definition) is 4. The summed E-state index contributed by atoms with van der Waals surface area (Å²) in [4.78, 5) is 15.6. The van der Waals surface area contributed by atoms with Crippen molar-refractivity contribution >= 4 is 5.91 Å². The van der Waals surface area contributed by atoms with Gasteiger partial charge in [-0.05, 0) is 45.2 Å². The molecule has 0 unspecified atom stereocenters. The highest BCUT2D eigenvalue weighted by Gasteiger charge is 2.35. The fraction of sp³-hybridized carbons (Fsp3) is 0.435. The molecule has 1 amide bonds. The zero-order chi connectivity index (χ0) is 21.3. The summed E-state index contributed by atoms with van der Waals surface area (Å²) >= 11 is 0. The molecule has 1 fully saturated rings. The zero-order valence-corrected chi connectivity index (χ0v) is 18.1. The van der Waals surface area contributed by atoms with Crippen LogP contribution in [0.3, 0.4) is 0 Å². The van der Waals surface area contributed by atoms with Gasteiger partial charge in [0.1, 0.15) is 5.69 Å². The van der Waals surface area contributed by atoms with Gasteiger partial charge in [-0.2, -0.15) is 10.2 Å². The van der Waals surface area contributed by atoms with Crippen LogP contribution in [0, 0.1) is 6.92 Å². The molecule has 1 aliphatic heterocycles. The first-order valence-electron chi connectivity index (χ1n) is 10.4. The molecule has 3 aromatic rings. The average molecular weight is 408 g/mol. The molecule has 0 radical (unpaired) electrons. The van der Waals surface area contributed by atoms with Gasteiger partial charge in [0.05, 0.1) is 17.0 Å². The largest absolute Gasteiger partial charge is 0.375 e. The Morgan fingerprint density at radius 1 is 1.33 bits per heavy atom. The standard InChI is InChI=1S/C23H29N5O2/c1-16-19(15-27(4)26-16)20-12-21(25-24-20)22(29)28(14-17-8-6-5-7-9-17)18-10-11-30-23(2,3)13-18/h5-9,12,15,18H,10-11,13-14H2,1-4H3,(H,24,25)/t18-/m0/s1. The van der Waals surface area contributed by atoms with Crippen LogP contribution in [0.4, 0.5) is 0 Å². The molecule has 1 saturated heterocycles. The number of nitrogens with zero attached hydrogens (tertiary/aromatic N) is 4. The lowest BCUT2D eigenvalue weighted by Crippen LogP contribution is -2.48. The van der Waals surface area contributed by atoms with Crippen LogP contribution in [0.15, 0.2) is 42.6 Å². The number of H-pyrrole nitrogens is 1. The number of rotatable bonds is 5. The number of aryl methyl sites for hydroxylation is 2. The fourth-order valence-corrected chi connectivity index (χ4v) is 4.19. The Labute approximate surface area is 177 Å². The molecule has 7 heteroatoms. The molecule has 0 bridgehead atoms. The van der Waals surface area contributed by atoms with Crippen molar-refractivity contribution in [3.05, 3.63) is 59.5 Å². The second kappa shape index (κ2) is 8.07. The lowest BCUT2D eigenvalue weighted by molar-refractivity contribution is -0.0793. The molecule has 158 valence electrons. The third-order valence-electron chi connectivity index (χ3n) is 5.67. The predicted octanol–water partition coefficient (Wildman–Crippen LogP) is 3.72. The van der Waals surface area contributed by atoms with Gasteiger partial charge in [-0.1, -0.05) is 30.3 Å². The third kappa shape index (κ3) is 4.31. The van der Waals surface area contributed by atoms with Crippen LogP contribution in [0.2, 0.25) is 0 Å². The lowest BCUT2D eigenvalue weighted by atomic mass is 9.92. The molecule has 2 aromatic heterocycles. The van der Waals surface area contributed by atoms with Gasteiger partial charge in [0, 0.05) is 38.0 Å². The molecule has 4 rings (SSSR count). The molecule has 7 nitrogen and oxygen atoms in total. The minimum atomic E-state index is -0.246. The van der Waals surface area contributed by atoms with Gasteiger partial charge in [-0.15, -0.1) is 0 Å². The van der Waals surface area contributed by atoms with E-state index >= 15 is 0 Å². The summed E-state index contributed by atoms with van der Waals surface area (Å²) in [5, 5.41) is 11.7. The summed E-state index contributed by atoms with van der Waals surface area (Å²) in [5.41, 5.74) is 3.90. The van der Waals surface area contributed by atoms with Crippen molar-refractivity contribution in [2.24, 2.45) is 7.05 Å². The molecule has 1 aliphatic rings. The minimum absolute atomic E-state index is 0.0400. The van der Waals surface area contributed by atoms with E-state index in [0.717, 1.165) is 35.4 Å². The molecule has 30 heavy (non-hydrogen) atoms. The zero-order valence-electron chi connectivity index (χ0n) is 18.1. The maximum Gasteiger partial charge on any atom is 0.272 e. The lowest BCUT2D eigenvalue weighted by Gasteiger charge is -2.41. The van der Waals surface area contributed by atoms with Crippen molar-refractivity contribution in [1.29, 1.82) is 0 Å². The number of nitrogens with one attached hydrogen (secondary N) is 1. The van der Waals surface area contributed by atoms with Crippen LogP contribution in [-0.4, -0.2) is 49.0 Å². The van der Waals surface area contributed by atoms with Crippen LogP contribution in [0.5, 0.6) is 0 Å². The Morgan fingerprint density at radius 3 is 2.77 bits per heavy atom. The first-order chi connectivity index (χ1) is 14.3. The van der Waals surface area contributed by atoms with Crippen LogP contribution in [0.25, 0.3) is 11.3 Å². The smallest absolute Gasteiger partial charge is 0.272 e. The van der Waals surface area contributed by atoms with E-state index in [4.69, 9.17) is 4.74 Å². The third-order valence-corrected chi connectivity index (χ3v) is 5.67. The van der Waals surface area contributed by atoms with Crippen molar-refractivity contribution in [2.45, 2.75) is 51.8 Å². The molecule has 1 N–H and O–H groups in total. The van der Waals surface area contributed by atoms with E-state index in [0.29, 0.717) is 18.8 Å². The average Bonchev–Trinajstić information content (AvgIpc) is 3.31. The molecular weight excluding hydrogens is 378 g/mol. The highest BCUT2D eigenvalue weighted by Crippen LogP contribution is 2.30. The number of carbonyl (C=O) groups is 1. The maximum atomic E-state index is 13.6. The van der Waals surface area contributed by atoms with Gasteiger partial charge < -0.3 is 9.64 Å². The van der Waals surface area contributed by atoms with Gasteiger partial charge in [0.2, 0.25) is 0 Å². The number of aromatic amines is 1. The van der Waals surface area contributed by atoms with E-state index in [9.17, 15) is 4.79 Å². The van der Waals surface area contributed by atoms with Crippen LogP contribution in [-0.2, 0) is 18.3 Å². The van der Waals surface area contributed by atoms with Crippen molar-refractivity contribution in [1.82, 2.24) is 24.9 Å². The Kier molecular flexibility index (Phi) is 5.47. The molecular formula is C23H29N5O2. The summed E-state index contributed by atoms with van der Waals surface area (Å²) in [6, 6.07) is 12.0. The Balaban J connectivity index is 1.63. The van der Waals surface area contributed by atoms with Gasteiger partial charge in [0.25, 0.3) is 5.91 Å². The Morgan fingerprint density at radius 2 is 2.10 bits per heavy atom. The molecule has 1 aromatic carbocycles. The highest BCUT2D eigenvalue weighted by atomic mass is 16.5. The number of benzene rings is 1. The van der Waals surface area contributed by atoms with Crippen molar-refractivity contribution in [2.75, 3.05) is 6.61 Å². The van der Waals surface area contributed by atoms with Gasteiger partial charge in [-0.25, -0.2) is 0 Å². The van der Waals surface area contributed by atoms with Crippen molar-refractivity contribution in [3.63, 3.8) is 0 Å². The molecule has 3 heterocycles. The fourth-order valence-electron chi connectivity index (χ4n) is 4.19. The minimum Gasteiger partial charge on any atom is -0.375 e. The number of aromatic nitrogens is 4. The number of ether oxygens (including phenoxy) is 1. The topological polar surface area (TPSA) is 76.0 Å². The number of carbonyl (C=O) groups excluding carboxylic acids is 1. The Bertz CT molecular complexity index is 1020. The highest BCUT2D eigenvalue weighted by molar-refractivity contribution is 5.93. The second-order valence-electron chi connectivity index (χ2n) is 8.64. The van der Waals surface area contributed by atoms with E-state index in [1.165, 1.54) is 0 Å². The van der Waals surface area contributed by atoms with E-state index < -0.39 is 0 Å². The summed E-state index contributed by atoms with van der Waals surface area (Å²) in [7, 11) is 1.88. The van der Waals surface area contributed by atoms with Crippen molar-refractivity contribution in [3.8, 4) is 11.3 Å². The van der Waals surface area contributed by atoms with Crippen LogP contribution < -0.4 is 0 Å². The predicted molar refractivity (Wildman–Crippen MR) is 115 cm³/mol. The summed E-state index contributed by atoms with van der Waals surface area (Å²) in [6.07, 6.45) is 3.54. The second-order valence-corrected chi connectivity index (χ2v) is 8.64. The normalized spacial score (nSPS) is 18.3. The molecule has 0 saturated carbocycles. The summed E-state index contributed by atoms with van der Waals surface area (Å²) in [6.45, 7) is 7.32. The quantitative estimate of drug-likeness (QED) is 0.699. The Hall–Kier alpha value is -2.93. The van der Waals surface area contributed by atoms with Crippen LogP contribution in [0.1, 0.15) is 48.4 Å². The summed E-state index contributed by atoms with van der Waals surface area (Å²) in [5.74, 6) is -0.0400.